The number of ether oxygens (including phenoxy) is 4. The molecule has 2 heterocycles. The number of carbonyl (C=O) groups excluding carboxylic acids is 1. The molecule has 1 aliphatic heterocycles. The summed E-state index contributed by atoms with van der Waals surface area (Å²) in [7, 11) is 0. The molecule has 5 rings (SSSR count). The Morgan fingerprint density at radius 3 is 2.50 bits per heavy atom. The first kappa shape index (κ1) is 25.4. The van der Waals surface area contributed by atoms with Crippen LogP contribution in [0, 0.1) is 6.92 Å². The number of aliphatic hydroxyl groups excluding tert-OH is 1. The number of rotatable bonds is 8. The molecule has 0 spiro atoms. The summed E-state index contributed by atoms with van der Waals surface area (Å²) >= 11 is 6.05. The molecule has 0 radical (unpaired) electrons. The van der Waals surface area contributed by atoms with E-state index < -0.39 is 0 Å². The summed E-state index contributed by atoms with van der Waals surface area (Å²) in [5, 5.41) is 16.0. The number of aliphatic hydroxyl groups is 1. The average molecular weight is 536 g/mol. The van der Waals surface area contributed by atoms with Gasteiger partial charge in [-0.3, -0.25) is 4.98 Å². The molecular weight excluding hydrogens is 510 g/mol. The second kappa shape index (κ2) is 11.5. The molecule has 4 aromatic rings. The number of aryl methyl sites for hydroxylation is 1. The van der Waals surface area contributed by atoms with Crippen LogP contribution < -0.4 is 29.6 Å². The summed E-state index contributed by atoms with van der Waals surface area (Å²) < 4.78 is 23.8. The van der Waals surface area contributed by atoms with Crippen LogP contribution in [-0.4, -0.2) is 42.5 Å². The van der Waals surface area contributed by atoms with Gasteiger partial charge in [-0.1, -0.05) is 11.6 Å². The predicted octanol–water partition coefficient (Wildman–Crippen LogP) is 6.17. The van der Waals surface area contributed by atoms with Crippen LogP contribution in [0.3, 0.4) is 0 Å². The molecule has 0 unspecified atom stereocenters. The highest BCUT2D eigenvalue weighted by atomic mass is 35.5. The molecule has 0 aliphatic carbocycles. The van der Waals surface area contributed by atoms with E-state index >= 15 is 0 Å². The summed E-state index contributed by atoms with van der Waals surface area (Å²) in [6, 6.07) is 15.4. The molecule has 3 N–H and O–H groups in total. The van der Waals surface area contributed by atoms with E-state index in [1.165, 1.54) is 0 Å². The fraction of sp³-hybridized carbons (Fsp3) is 0.214. The van der Waals surface area contributed by atoms with Gasteiger partial charge in [0, 0.05) is 41.7 Å². The molecule has 0 saturated carbocycles. The highest BCUT2D eigenvalue weighted by Crippen LogP contribution is 2.48. The third-order valence-corrected chi connectivity index (χ3v) is 6.18. The first-order valence-electron chi connectivity index (χ1n) is 12.1. The second-order valence-corrected chi connectivity index (χ2v) is 8.94. The van der Waals surface area contributed by atoms with Crippen molar-refractivity contribution in [3.8, 4) is 28.7 Å². The largest absolute Gasteiger partial charge is 0.489 e. The zero-order valence-corrected chi connectivity index (χ0v) is 21.4. The lowest BCUT2D eigenvalue weighted by Gasteiger charge is -2.23. The zero-order chi connectivity index (χ0) is 26.5. The van der Waals surface area contributed by atoms with E-state index in [2.05, 4.69) is 15.6 Å². The average Bonchev–Trinajstić information content (AvgIpc) is 2.92. The van der Waals surface area contributed by atoms with E-state index in [-0.39, 0.29) is 12.6 Å². The molecule has 9 nitrogen and oxygen atoms in total. The molecule has 38 heavy (non-hydrogen) atoms. The molecule has 0 saturated heterocycles. The highest BCUT2D eigenvalue weighted by molar-refractivity contribution is 6.31. The number of anilines is 2. The third kappa shape index (κ3) is 5.69. The van der Waals surface area contributed by atoms with Gasteiger partial charge in [0.25, 0.3) is 0 Å². The number of urea groups is 1. The molecule has 1 aromatic heterocycles. The lowest BCUT2D eigenvalue weighted by Crippen LogP contribution is -2.19. The summed E-state index contributed by atoms with van der Waals surface area (Å²) in [6.07, 6.45) is 2.14. The SMILES string of the molecule is Cc1cc(NC(=O)Nc2ccc(Oc3ccnc4cc(OCCCO)c5c(c34)OCCO5)cc2)ccc1Cl. The summed E-state index contributed by atoms with van der Waals surface area (Å²) in [5.74, 6) is 2.60. The van der Waals surface area contributed by atoms with Crippen molar-refractivity contribution >= 4 is 39.9 Å². The molecule has 2 amide bonds. The first-order chi connectivity index (χ1) is 18.5. The number of benzene rings is 3. The van der Waals surface area contributed by atoms with Gasteiger partial charge in [0.1, 0.15) is 24.7 Å². The van der Waals surface area contributed by atoms with Crippen molar-refractivity contribution in [2.45, 2.75) is 13.3 Å². The van der Waals surface area contributed by atoms with Gasteiger partial charge in [0.15, 0.2) is 11.5 Å². The van der Waals surface area contributed by atoms with Crippen LogP contribution in [0.1, 0.15) is 12.0 Å². The Hall–Kier alpha value is -4.21. The number of amides is 2. The van der Waals surface area contributed by atoms with Crippen molar-refractivity contribution in [1.29, 1.82) is 0 Å². The van der Waals surface area contributed by atoms with Gasteiger partial charge in [-0.2, -0.15) is 0 Å². The summed E-state index contributed by atoms with van der Waals surface area (Å²) in [4.78, 5) is 16.9. The van der Waals surface area contributed by atoms with Gasteiger partial charge in [-0.25, -0.2) is 4.79 Å². The Balaban J connectivity index is 1.33. The van der Waals surface area contributed by atoms with Crippen molar-refractivity contribution < 1.29 is 28.8 Å². The Labute approximate surface area is 224 Å². The van der Waals surface area contributed by atoms with E-state index in [1.54, 1.807) is 60.8 Å². The molecule has 10 heteroatoms. The molecule has 1 aliphatic rings. The normalized spacial score (nSPS) is 12.2. The standard InChI is InChI=1S/C28H26ClN3O6/c1-17-15-19(5-8-21(17)29)32-28(34)31-18-3-6-20(7-4-18)38-23-9-10-30-22-16-24(35-12-2-11-33)26-27(25(22)23)37-14-13-36-26/h3-10,15-16,33H,2,11-14H2,1H3,(H2,31,32,34). The van der Waals surface area contributed by atoms with Gasteiger partial charge in [0.05, 0.1) is 17.5 Å². The van der Waals surface area contributed by atoms with Crippen molar-refractivity contribution in [3.63, 3.8) is 0 Å². The van der Waals surface area contributed by atoms with Crippen LogP contribution in [0.5, 0.6) is 28.7 Å². The molecule has 3 aromatic carbocycles. The number of aromatic nitrogens is 1. The molecule has 0 atom stereocenters. The van der Waals surface area contributed by atoms with E-state index in [4.69, 9.17) is 35.7 Å². The number of carbonyl (C=O) groups is 1. The van der Waals surface area contributed by atoms with Gasteiger partial charge < -0.3 is 34.7 Å². The van der Waals surface area contributed by atoms with Crippen LogP contribution in [-0.2, 0) is 0 Å². The van der Waals surface area contributed by atoms with E-state index in [0.29, 0.717) is 82.3 Å². The van der Waals surface area contributed by atoms with Crippen LogP contribution in [0.15, 0.2) is 60.8 Å². The van der Waals surface area contributed by atoms with Gasteiger partial charge in [-0.05, 0) is 61.0 Å². The second-order valence-electron chi connectivity index (χ2n) is 8.53. The maximum Gasteiger partial charge on any atom is 0.323 e. The molecule has 196 valence electrons. The maximum absolute atomic E-state index is 12.4. The maximum atomic E-state index is 12.4. The summed E-state index contributed by atoms with van der Waals surface area (Å²) in [6.45, 7) is 3.02. The van der Waals surface area contributed by atoms with Crippen molar-refractivity contribution in [2.24, 2.45) is 0 Å². The number of nitrogens with one attached hydrogen (secondary N) is 2. The Bertz CT molecular complexity index is 1460. The fourth-order valence-corrected chi connectivity index (χ4v) is 4.08. The van der Waals surface area contributed by atoms with Crippen LogP contribution in [0.25, 0.3) is 10.9 Å². The number of hydrogen-bond donors (Lipinski definition) is 3. The molecule has 0 bridgehead atoms. The zero-order valence-electron chi connectivity index (χ0n) is 20.6. The quantitative estimate of drug-likeness (QED) is 0.231. The lowest BCUT2D eigenvalue weighted by atomic mass is 10.1. The van der Waals surface area contributed by atoms with Crippen molar-refractivity contribution in [3.05, 3.63) is 71.4 Å². The number of hydrogen-bond acceptors (Lipinski definition) is 7. The minimum absolute atomic E-state index is 0.0321. The van der Waals surface area contributed by atoms with Crippen LogP contribution >= 0.6 is 11.6 Å². The van der Waals surface area contributed by atoms with Gasteiger partial charge in [-0.15, -0.1) is 0 Å². The Morgan fingerprint density at radius 2 is 1.74 bits per heavy atom. The minimum Gasteiger partial charge on any atom is -0.489 e. The number of fused-ring (bicyclic) bond motifs is 3. The van der Waals surface area contributed by atoms with E-state index in [9.17, 15) is 4.79 Å². The van der Waals surface area contributed by atoms with Gasteiger partial charge >= 0.3 is 6.03 Å². The number of nitrogens with zero attached hydrogens (tertiary/aromatic N) is 1. The third-order valence-electron chi connectivity index (χ3n) is 5.76. The smallest absolute Gasteiger partial charge is 0.323 e. The van der Waals surface area contributed by atoms with Crippen LogP contribution in [0.4, 0.5) is 16.2 Å². The first-order valence-corrected chi connectivity index (χ1v) is 12.5. The van der Waals surface area contributed by atoms with Crippen molar-refractivity contribution in [2.75, 3.05) is 37.1 Å². The van der Waals surface area contributed by atoms with Crippen molar-refractivity contribution in [1.82, 2.24) is 4.98 Å². The summed E-state index contributed by atoms with van der Waals surface area (Å²) in [5.41, 5.74) is 2.74. The fourth-order valence-electron chi connectivity index (χ4n) is 3.96. The van der Waals surface area contributed by atoms with Crippen LogP contribution in [0.2, 0.25) is 5.02 Å². The molecule has 0 fully saturated rings. The predicted molar refractivity (Wildman–Crippen MR) is 145 cm³/mol. The topological polar surface area (TPSA) is 111 Å². The lowest BCUT2D eigenvalue weighted by molar-refractivity contribution is 0.161. The minimum atomic E-state index is -0.374. The van der Waals surface area contributed by atoms with E-state index in [1.807, 2.05) is 6.92 Å². The van der Waals surface area contributed by atoms with Gasteiger partial charge in [0.2, 0.25) is 5.75 Å². The molecular formula is C28H26ClN3O6. The highest BCUT2D eigenvalue weighted by Gasteiger charge is 2.24. The van der Waals surface area contributed by atoms with E-state index in [0.717, 1.165) is 5.56 Å². The number of halogens is 1. The Morgan fingerprint density at radius 1 is 1.00 bits per heavy atom. The Kier molecular flexibility index (Phi) is 7.67. The monoisotopic (exact) mass is 535 g/mol. The number of pyridine rings is 1.